The van der Waals surface area contributed by atoms with Crippen LogP contribution in [0.3, 0.4) is 0 Å². The van der Waals surface area contributed by atoms with Crippen LogP contribution < -0.4 is 0 Å². The number of likely N-dealkylation sites (N-methyl/N-ethyl adjacent to an activating group) is 1. The summed E-state index contributed by atoms with van der Waals surface area (Å²) >= 11 is 0. The minimum Gasteiger partial charge on any atom is -0.347 e. The van der Waals surface area contributed by atoms with E-state index in [-0.39, 0.29) is 11.9 Å². The molecule has 192 valence electrons. The Morgan fingerprint density at radius 1 is 0.625 bits per heavy atom. The molecule has 1 heterocycles. The molecule has 2 unspecified atom stereocenters. The monoisotopic (exact) mass is 454 g/mol. The Hall–Kier alpha value is -0.120. The van der Waals surface area contributed by atoms with Crippen molar-refractivity contribution in [2.24, 2.45) is 0 Å². The van der Waals surface area contributed by atoms with E-state index in [1.54, 1.807) is 0 Å². The van der Waals surface area contributed by atoms with Gasteiger partial charge in [-0.3, -0.25) is 0 Å². The normalized spacial score (nSPS) is 21.5. The highest BCUT2D eigenvalue weighted by molar-refractivity contribution is 4.75. The van der Waals surface area contributed by atoms with E-state index >= 15 is 0 Å². The van der Waals surface area contributed by atoms with E-state index in [0.717, 1.165) is 24.1 Å². The second-order valence-corrected chi connectivity index (χ2v) is 11.8. The van der Waals surface area contributed by atoms with Crippen LogP contribution in [-0.4, -0.2) is 50.7 Å². The molecule has 0 bridgehead atoms. The molecule has 0 aromatic carbocycles. The van der Waals surface area contributed by atoms with Gasteiger partial charge in [-0.15, -0.1) is 0 Å². The Bertz CT molecular complexity index is 420. The van der Waals surface area contributed by atoms with Gasteiger partial charge in [0.05, 0.1) is 27.7 Å². The van der Waals surface area contributed by atoms with Crippen molar-refractivity contribution in [3.05, 3.63) is 0 Å². The maximum absolute atomic E-state index is 6.22. The summed E-state index contributed by atoms with van der Waals surface area (Å²) in [5.74, 6) is -0.339. The highest BCUT2D eigenvalue weighted by Crippen LogP contribution is 2.29. The van der Waals surface area contributed by atoms with Crippen molar-refractivity contribution in [1.29, 1.82) is 0 Å². The number of hydrogen-bond acceptors (Lipinski definition) is 2. The fraction of sp³-hybridized carbons (Fsp3) is 1.00. The summed E-state index contributed by atoms with van der Waals surface area (Å²) in [7, 11) is 6.66. The minimum atomic E-state index is -0.339. The van der Waals surface area contributed by atoms with Gasteiger partial charge in [0.2, 0.25) is 0 Å². The Morgan fingerprint density at radius 2 is 1.00 bits per heavy atom. The Morgan fingerprint density at radius 3 is 1.38 bits per heavy atom. The van der Waals surface area contributed by atoms with Gasteiger partial charge in [0.15, 0.2) is 5.79 Å². The quantitative estimate of drug-likeness (QED) is 0.120. The van der Waals surface area contributed by atoms with Gasteiger partial charge in [0.1, 0.15) is 12.6 Å². The molecule has 1 fully saturated rings. The van der Waals surface area contributed by atoms with Crippen LogP contribution >= 0.6 is 0 Å². The zero-order chi connectivity index (χ0) is 23.5. The lowest BCUT2D eigenvalue weighted by molar-refractivity contribution is -0.873. The fourth-order valence-electron chi connectivity index (χ4n) is 5.05. The predicted octanol–water partition coefficient (Wildman–Crippen LogP) is 8.65. The molecule has 3 heteroatoms. The average molecular weight is 455 g/mol. The van der Waals surface area contributed by atoms with Crippen LogP contribution in [0.4, 0.5) is 0 Å². The summed E-state index contributed by atoms with van der Waals surface area (Å²) in [6.45, 7) is 6.21. The lowest BCUT2D eigenvalue weighted by atomic mass is 10.0. The Labute approximate surface area is 202 Å². The third kappa shape index (κ3) is 17.4. The predicted molar refractivity (Wildman–Crippen MR) is 140 cm³/mol. The second kappa shape index (κ2) is 18.2. The van der Waals surface area contributed by atoms with Gasteiger partial charge < -0.3 is 14.0 Å². The SMILES string of the molecule is CCCCCCCCCCCCCCCCCCCCCC1(C)OCC(C[N+](C)(C)C)O1. The smallest absolute Gasteiger partial charge is 0.166 e. The number of rotatable bonds is 22. The van der Waals surface area contributed by atoms with Gasteiger partial charge in [0.25, 0.3) is 0 Å². The van der Waals surface area contributed by atoms with Gasteiger partial charge in [-0.1, -0.05) is 122 Å². The zero-order valence-electron chi connectivity index (χ0n) is 22.9. The molecule has 1 aliphatic rings. The number of quaternary nitrogens is 1. The van der Waals surface area contributed by atoms with Crippen molar-refractivity contribution < 1.29 is 14.0 Å². The molecule has 0 amide bonds. The highest BCUT2D eigenvalue weighted by Gasteiger charge is 2.38. The summed E-state index contributed by atoms with van der Waals surface area (Å²) in [4.78, 5) is 0. The number of nitrogens with zero attached hydrogens (tertiary/aromatic N) is 1. The number of ether oxygens (including phenoxy) is 2. The number of hydrogen-bond donors (Lipinski definition) is 0. The van der Waals surface area contributed by atoms with Crippen molar-refractivity contribution in [3.63, 3.8) is 0 Å². The molecule has 1 aliphatic heterocycles. The van der Waals surface area contributed by atoms with E-state index in [0.29, 0.717) is 0 Å². The van der Waals surface area contributed by atoms with Crippen molar-refractivity contribution in [3.8, 4) is 0 Å². The van der Waals surface area contributed by atoms with Gasteiger partial charge in [0, 0.05) is 6.42 Å². The molecule has 3 nitrogen and oxygen atoms in total. The van der Waals surface area contributed by atoms with Crippen molar-refractivity contribution in [2.45, 2.75) is 154 Å². The van der Waals surface area contributed by atoms with Gasteiger partial charge in [-0.05, 0) is 13.3 Å². The first-order valence-corrected chi connectivity index (χ1v) is 14.5. The second-order valence-electron chi connectivity index (χ2n) is 11.8. The molecule has 0 aliphatic carbocycles. The van der Waals surface area contributed by atoms with E-state index in [9.17, 15) is 0 Å². The van der Waals surface area contributed by atoms with Crippen LogP contribution in [0.15, 0.2) is 0 Å². The molecular weight excluding hydrogens is 394 g/mol. The maximum Gasteiger partial charge on any atom is 0.166 e. The summed E-state index contributed by atoms with van der Waals surface area (Å²) < 4.78 is 13.2. The first-order valence-electron chi connectivity index (χ1n) is 14.5. The van der Waals surface area contributed by atoms with E-state index in [4.69, 9.17) is 9.47 Å². The molecule has 1 rings (SSSR count). The van der Waals surface area contributed by atoms with Crippen molar-refractivity contribution >= 4 is 0 Å². The number of unbranched alkanes of at least 4 members (excludes halogenated alkanes) is 18. The largest absolute Gasteiger partial charge is 0.347 e. The minimum absolute atomic E-state index is 0.250. The van der Waals surface area contributed by atoms with Crippen LogP contribution in [0.2, 0.25) is 0 Å². The molecule has 1 saturated heterocycles. The average Bonchev–Trinajstić information content (AvgIpc) is 3.08. The summed E-state index contributed by atoms with van der Waals surface area (Å²) in [5, 5.41) is 0. The third-order valence-corrected chi connectivity index (χ3v) is 6.98. The molecule has 32 heavy (non-hydrogen) atoms. The Kier molecular flexibility index (Phi) is 17.0. The van der Waals surface area contributed by atoms with Crippen LogP contribution in [0.5, 0.6) is 0 Å². The molecular formula is C29H60NO2+. The zero-order valence-corrected chi connectivity index (χ0v) is 22.9. The van der Waals surface area contributed by atoms with Gasteiger partial charge >= 0.3 is 0 Å². The topological polar surface area (TPSA) is 18.5 Å². The lowest BCUT2D eigenvalue weighted by Crippen LogP contribution is -2.42. The van der Waals surface area contributed by atoms with Crippen molar-refractivity contribution in [2.75, 3.05) is 34.3 Å². The van der Waals surface area contributed by atoms with Crippen LogP contribution in [0.1, 0.15) is 142 Å². The lowest BCUT2D eigenvalue weighted by Gasteiger charge is -2.28. The van der Waals surface area contributed by atoms with E-state index < -0.39 is 0 Å². The van der Waals surface area contributed by atoms with E-state index in [2.05, 4.69) is 35.0 Å². The summed E-state index contributed by atoms with van der Waals surface area (Å²) in [6.07, 6.45) is 28.4. The molecule has 0 N–H and O–H groups in total. The molecule has 0 radical (unpaired) electrons. The van der Waals surface area contributed by atoms with E-state index in [1.807, 2.05) is 0 Å². The van der Waals surface area contributed by atoms with E-state index in [1.165, 1.54) is 122 Å². The van der Waals surface area contributed by atoms with Crippen LogP contribution in [0.25, 0.3) is 0 Å². The van der Waals surface area contributed by atoms with Gasteiger partial charge in [-0.25, -0.2) is 0 Å². The first kappa shape index (κ1) is 29.9. The molecule has 0 aromatic rings. The van der Waals surface area contributed by atoms with Crippen molar-refractivity contribution in [1.82, 2.24) is 0 Å². The van der Waals surface area contributed by atoms with Gasteiger partial charge in [-0.2, -0.15) is 0 Å². The highest BCUT2D eigenvalue weighted by atomic mass is 16.7. The molecule has 0 saturated carbocycles. The first-order chi connectivity index (χ1) is 15.3. The van der Waals surface area contributed by atoms with Crippen LogP contribution in [-0.2, 0) is 9.47 Å². The maximum atomic E-state index is 6.22. The van der Waals surface area contributed by atoms with Crippen LogP contribution in [0, 0.1) is 0 Å². The Balaban J connectivity index is 1.79. The molecule has 0 aromatic heterocycles. The molecule has 0 spiro atoms. The fourth-order valence-corrected chi connectivity index (χ4v) is 5.05. The third-order valence-electron chi connectivity index (χ3n) is 6.98. The summed E-state index contributed by atoms with van der Waals surface area (Å²) in [6, 6.07) is 0. The molecule has 2 atom stereocenters. The summed E-state index contributed by atoms with van der Waals surface area (Å²) in [5.41, 5.74) is 0. The standard InChI is InChI=1S/C29H60NO2/c1-6-7-8-9-10-11-12-13-14-15-16-17-18-19-20-21-22-23-24-25-29(2)31-27-28(32-29)26-30(3,4)5/h28H,6-27H2,1-5H3/q+1.